The van der Waals surface area contributed by atoms with Gasteiger partial charge in [0.2, 0.25) is 5.91 Å². The predicted molar refractivity (Wildman–Crippen MR) is 90.8 cm³/mol. The lowest BCUT2D eigenvalue weighted by Gasteiger charge is -2.31. The van der Waals surface area contributed by atoms with E-state index in [2.05, 4.69) is 5.32 Å². The molecule has 1 heterocycles. The molecule has 0 spiro atoms. The summed E-state index contributed by atoms with van der Waals surface area (Å²) in [6.45, 7) is 6.14. The maximum atomic E-state index is 12.8. The van der Waals surface area contributed by atoms with Crippen molar-refractivity contribution in [1.29, 1.82) is 0 Å². The van der Waals surface area contributed by atoms with Crippen molar-refractivity contribution < 1.29 is 19.5 Å². The number of carbonyl (C=O) groups is 3. The smallest absolute Gasteiger partial charge is 0.308 e. The number of benzene rings is 1. The van der Waals surface area contributed by atoms with Crippen molar-refractivity contribution in [1.82, 2.24) is 4.90 Å². The monoisotopic (exact) mass is 332 g/mol. The van der Waals surface area contributed by atoms with Crippen molar-refractivity contribution in [2.75, 3.05) is 18.4 Å². The molecule has 2 rings (SSSR count). The van der Waals surface area contributed by atoms with Crippen molar-refractivity contribution >= 4 is 23.5 Å². The Morgan fingerprint density at radius 1 is 1.21 bits per heavy atom. The van der Waals surface area contributed by atoms with Crippen LogP contribution in [0.4, 0.5) is 5.69 Å². The first-order valence-corrected chi connectivity index (χ1v) is 8.12. The highest BCUT2D eigenvalue weighted by atomic mass is 16.4. The number of likely N-dealkylation sites (tertiary alicyclic amines) is 1. The van der Waals surface area contributed by atoms with Crippen LogP contribution in [0.25, 0.3) is 0 Å². The summed E-state index contributed by atoms with van der Waals surface area (Å²) < 4.78 is 0. The molecule has 1 aliphatic rings. The van der Waals surface area contributed by atoms with E-state index in [1.165, 1.54) is 0 Å². The molecule has 24 heavy (non-hydrogen) atoms. The van der Waals surface area contributed by atoms with Gasteiger partial charge in [-0.3, -0.25) is 14.4 Å². The van der Waals surface area contributed by atoms with Crippen molar-refractivity contribution in [2.45, 2.75) is 33.6 Å². The highest BCUT2D eigenvalue weighted by Crippen LogP contribution is 2.24. The SMILES string of the molecule is CC(C)(C)C(=O)Nc1ccccc1C(=O)N1CCCC(C(=O)O)C1. The van der Waals surface area contributed by atoms with Gasteiger partial charge in [0.05, 0.1) is 17.2 Å². The molecule has 0 bridgehead atoms. The number of carbonyl (C=O) groups excluding carboxylic acids is 2. The zero-order valence-corrected chi connectivity index (χ0v) is 14.3. The minimum Gasteiger partial charge on any atom is -0.481 e. The number of rotatable bonds is 3. The zero-order valence-electron chi connectivity index (χ0n) is 14.3. The molecule has 1 unspecified atom stereocenters. The van der Waals surface area contributed by atoms with Gasteiger partial charge in [0, 0.05) is 18.5 Å². The molecule has 1 fully saturated rings. The molecule has 1 aromatic rings. The van der Waals surface area contributed by atoms with Gasteiger partial charge in [-0.05, 0) is 25.0 Å². The van der Waals surface area contributed by atoms with Gasteiger partial charge in [0.1, 0.15) is 0 Å². The third-order valence-corrected chi connectivity index (χ3v) is 4.14. The summed E-state index contributed by atoms with van der Waals surface area (Å²) in [5.74, 6) is -1.82. The summed E-state index contributed by atoms with van der Waals surface area (Å²) >= 11 is 0. The zero-order chi connectivity index (χ0) is 17.9. The molecule has 1 saturated heterocycles. The first-order chi connectivity index (χ1) is 11.2. The quantitative estimate of drug-likeness (QED) is 0.891. The summed E-state index contributed by atoms with van der Waals surface area (Å²) in [6, 6.07) is 6.84. The standard InChI is InChI=1S/C18H24N2O4/c1-18(2,3)17(24)19-14-9-5-4-8-13(14)15(21)20-10-6-7-12(11-20)16(22)23/h4-5,8-9,12H,6-7,10-11H2,1-3H3,(H,19,24)(H,22,23). The van der Waals surface area contributed by atoms with Gasteiger partial charge in [-0.15, -0.1) is 0 Å². The topological polar surface area (TPSA) is 86.7 Å². The number of hydrogen-bond donors (Lipinski definition) is 2. The number of carboxylic acids is 1. The molecule has 1 aromatic carbocycles. The summed E-state index contributed by atoms with van der Waals surface area (Å²) in [7, 11) is 0. The lowest BCUT2D eigenvalue weighted by molar-refractivity contribution is -0.143. The molecule has 0 saturated carbocycles. The van der Waals surface area contributed by atoms with Crippen LogP contribution in [0, 0.1) is 11.3 Å². The second kappa shape index (κ2) is 7.03. The Morgan fingerprint density at radius 2 is 1.88 bits per heavy atom. The number of amides is 2. The molecule has 0 aromatic heterocycles. The predicted octanol–water partition coefficient (Wildman–Crippen LogP) is 2.61. The van der Waals surface area contributed by atoms with Crippen molar-refractivity contribution in [3.63, 3.8) is 0 Å². The Bertz CT molecular complexity index is 649. The Morgan fingerprint density at radius 3 is 2.50 bits per heavy atom. The van der Waals surface area contributed by atoms with E-state index in [9.17, 15) is 19.5 Å². The maximum absolute atomic E-state index is 12.8. The highest BCUT2D eigenvalue weighted by molar-refractivity contribution is 6.04. The van der Waals surface area contributed by atoms with Crippen LogP contribution in [0.5, 0.6) is 0 Å². The van der Waals surface area contributed by atoms with E-state index < -0.39 is 17.3 Å². The number of anilines is 1. The molecule has 2 amide bonds. The molecule has 0 aliphatic carbocycles. The van der Waals surface area contributed by atoms with Gasteiger partial charge in [0.15, 0.2) is 0 Å². The van der Waals surface area contributed by atoms with Crippen LogP contribution in [-0.4, -0.2) is 40.9 Å². The van der Waals surface area contributed by atoms with E-state index >= 15 is 0 Å². The molecule has 1 aliphatic heterocycles. The summed E-state index contributed by atoms with van der Waals surface area (Å²) in [5.41, 5.74) is 0.274. The van der Waals surface area contributed by atoms with E-state index in [1.54, 1.807) is 49.9 Å². The normalized spacial score (nSPS) is 18.1. The van der Waals surface area contributed by atoms with Gasteiger partial charge in [-0.25, -0.2) is 0 Å². The number of nitrogens with one attached hydrogen (secondary N) is 1. The Hall–Kier alpha value is -2.37. The second-order valence-corrected chi connectivity index (χ2v) is 7.18. The van der Waals surface area contributed by atoms with Crippen LogP contribution in [0.2, 0.25) is 0 Å². The Balaban J connectivity index is 2.21. The highest BCUT2D eigenvalue weighted by Gasteiger charge is 2.30. The number of carboxylic acid groups (broad SMARTS) is 1. The van der Waals surface area contributed by atoms with Crippen molar-refractivity contribution in [3.05, 3.63) is 29.8 Å². The molecule has 1 atom stereocenters. The van der Waals surface area contributed by atoms with Gasteiger partial charge in [-0.2, -0.15) is 0 Å². The Kier molecular flexibility index (Phi) is 5.26. The molecular weight excluding hydrogens is 308 g/mol. The van der Waals surface area contributed by atoms with Crippen LogP contribution in [0.15, 0.2) is 24.3 Å². The summed E-state index contributed by atoms with van der Waals surface area (Å²) in [6.07, 6.45) is 1.25. The maximum Gasteiger partial charge on any atom is 0.308 e. The molecule has 2 N–H and O–H groups in total. The third kappa shape index (κ3) is 4.13. The van der Waals surface area contributed by atoms with Gasteiger partial charge in [0.25, 0.3) is 5.91 Å². The van der Waals surface area contributed by atoms with E-state index in [1.807, 2.05) is 0 Å². The average molecular weight is 332 g/mol. The fraction of sp³-hybridized carbons (Fsp3) is 0.500. The first kappa shape index (κ1) is 18.0. The largest absolute Gasteiger partial charge is 0.481 e. The number of para-hydroxylation sites is 1. The molecule has 6 heteroatoms. The molecule has 6 nitrogen and oxygen atoms in total. The van der Waals surface area contributed by atoms with E-state index in [4.69, 9.17) is 0 Å². The van der Waals surface area contributed by atoms with E-state index in [-0.39, 0.29) is 18.4 Å². The van der Waals surface area contributed by atoms with Crippen molar-refractivity contribution in [3.8, 4) is 0 Å². The lowest BCUT2D eigenvalue weighted by Crippen LogP contribution is -2.42. The fourth-order valence-corrected chi connectivity index (χ4v) is 2.62. The van der Waals surface area contributed by atoms with E-state index in [0.29, 0.717) is 30.6 Å². The lowest BCUT2D eigenvalue weighted by atomic mass is 9.95. The number of nitrogens with zero attached hydrogens (tertiary/aromatic N) is 1. The van der Waals surface area contributed by atoms with Gasteiger partial charge in [-0.1, -0.05) is 32.9 Å². The number of aliphatic carboxylic acids is 1. The van der Waals surface area contributed by atoms with Crippen LogP contribution in [-0.2, 0) is 9.59 Å². The first-order valence-electron chi connectivity index (χ1n) is 8.12. The average Bonchev–Trinajstić information content (AvgIpc) is 2.54. The Labute approximate surface area is 141 Å². The minimum atomic E-state index is -0.873. The molecular formula is C18H24N2O4. The molecule has 0 radical (unpaired) electrons. The summed E-state index contributed by atoms with van der Waals surface area (Å²) in [4.78, 5) is 37.8. The van der Waals surface area contributed by atoms with Crippen LogP contribution < -0.4 is 5.32 Å². The van der Waals surface area contributed by atoms with E-state index in [0.717, 1.165) is 0 Å². The summed E-state index contributed by atoms with van der Waals surface area (Å²) in [5, 5.41) is 12.0. The van der Waals surface area contributed by atoms with Crippen LogP contribution >= 0.6 is 0 Å². The van der Waals surface area contributed by atoms with Crippen molar-refractivity contribution in [2.24, 2.45) is 11.3 Å². The third-order valence-electron chi connectivity index (χ3n) is 4.14. The minimum absolute atomic E-state index is 0.176. The molecule has 130 valence electrons. The number of hydrogen-bond acceptors (Lipinski definition) is 3. The van der Waals surface area contributed by atoms with Gasteiger partial charge >= 0.3 is 5.97 Å². The van der Waals surface area contributed by atoms with Gasteiger partial charge < -0.3 is 15.3 Å². The number of piperidine rings is 1. The fourth-order valence-electron chi connectivity index (χ4n) is 2.62. The van der Waals surface area contributed by atoms with Crippen LogP contribution in [0.3, 0.4) is 0 Å². The second-order valence-electron chi connectivity index (χ2n) is 7.18. The van der Waals surface area contributed by atoms with Crippen LogP contribution in [0.1, 0.15) is 44.0 Å².